The fourth-order valence-corrected chi connectivity index (χ4v) is 3.13. The molecular formula is C13H19N3O7S. The molecule has 1 fully saturated rings. The molecule has 1 aromatic heterocycles. The van der Waals surface area contributed by atoms with Gasteiger partial charge in [0.25, 0.3) is 0 Å². The number of carbonyl (C=O) groups excluding carboxylic acids is 1. The SMILES string of the molecule is CS(=O)(=O)N(CC(=O)O)CC1CN(C(=O)Cc2ccon2)CCO1. The van der Waals surface area contributed by atoms with Gasteiger partial charge in [0.05, 0.1) is 31.1 Å². The summed E-state index contributed by atoms with van der Waals surface area (Å²) >= 11 is 0. The molecule has 0 aliphatic carbocycles. The molecule has 10 nitrogen and oxygen atoms in total. The Morgan fingerprint density at radius 2 is 2.25 bits per heavy atom. The Hall–Kier alpha value is -1.98. The normalized spacial score (nSPS) is 18.8. The van der Waals surface area contributed by atoms with Gasteiger partial charge < -0.3 is 19.3 Å². The third-order valence-corrected chi connectivity index (χ3v) is 4.72. The zero-order chi connectivity index (χ0) is 17.7. The zero-order valence-electron chi connectivity index (χ0n) is 13.1. The van der Waals surface area contributed by atoms with E-state index in [1.54, 1.807) is 11.0 Å². The first-order chi connectivity index (χ1) is 11.3. The average Bonchev–Trinajstić information content (AvgIpc) is 2.98. The Balaban J connectivity index is 1.96. The maximum atomic E-state index is 12.2. The van der Waals surface area contributed by atoms with E-state index in [4.69, 9.17) is 9.84 Å². The van der Waals surface area contributed by atoms with Crippen molar-refractivity contribution < 1.29 is 32.4 Å². The summed E-state index contributed by atoms with van der Waals surface area (Å²) in [7, 11) is -3.69. The Labute approximate surface area is 139 Å². The van der Waals surface area contributed by atoms with Gasteiger partial charge in [-0.05, 0) is 0 Å². The van der Waals surface area contributed by atoms with Gasteiger partial charge in [-0.25, -0.2) is 8.42 Å². The molecule has 1 amide bonds. The van der Waals surface area contributed by atoms with Crippen LogP contribution in [0.5, 0.6) is 0 Å². The number of hydrogen-bond acceptors (Lipinski definition) is 7. The monoisotopic (exact) mass is 361 g/mol. The second-order valence-electron chi connectivity index (χ2n) is 5.45. The molecule has 1 saturated heterocycles. The summed E-state index contributed by atoms with van der Waals surface area (Å²) in [5.41, 5.74) is 0.506. The Morgan fingerprint density at radius 1 is 1.50 bits per heavy atom. The number of aliphatic carboxylic acids is 1. The second kappa shape index (κ2) is 7.73. The number of ether oxygens (including phenoxy) is 1. The Bertz CT molecular complexity index is 674. The van der Waals surface area contributed by atoms with E-state index in [0.717, 1.165) is 10.6 Å². The van der Waals surface area contributed by atoms with Gasteiger partial charge in [0.1, 0.15) is 12.8 Å². The lowest BCUT2D eigenvalue weighted by atomic mass is 10.2. The summed E-state index contributed by atoms with van der Waals surface area (Å²) in [6.45, 7) is 0.0393. The van der Waals surface area contributed by atoms with Crippen molar-refractivity contribution in [2.45, 2.75) is 12.5 Å². The molecule has 11 heteroatoms. The molecule has 0 saturated carbocycles. The van der Waals surface area contributed by atoms with Crippen LogP contribution in [0, 0.1) is 0 Å². The number of rotatable bonds is 7. The highest BCUT2D eigenvalue weighted by molar-refractivity contribution is 7.88. The molecule has 24 heavy (non-hydrogen) atoms. The van der Waals surface area contributed by atoms with Crippen molar-refractivity contribution >= 4 is 21.9 Å². The van der Waals surface area contributed by atoms with Crippen molar-refractivity contribution in [2.24, 2.45) is 0 Å². The van der Waals surface area contributed by atoms with Crippen LogP contribution in [0.4, 0.5) is 0 Å². The zero-order valence-corrected chi connectivity index (χ0v) is 13.9. The molecule has 2 heterocycles. The average molecular weight is 361 g/mol. The molecule has 134 valence electrons. The van der Waals surface area contributed by atoms with Crippen LogP contribution in [0.2, 0.25) is 0 Å². The first-order valence-corrected chi connectivity index (χ1v) is 9.06. The second-order valence-corrected chi connectivity index (χ2v) is 7.43. The molecule has 0 aromatic carbocycles. The van der Waals surface area contributed by atoms with Crippen molar-refractivity contribution in [3.63, 3.8) is 0 Å². The van der Waals surface area contributed by atoms with E-state index in [2.05, 4.69) is 9.68 Å². The van der Waals surface area contributed by atoms with Crippen LogP contribution in [0.25, 0.3) is 0 Å². The number of aromatic nitrogens is 1. The topological polar surface area (TPSA) is 130 Å². The molecule has 1 aliphatic rings. The highest BCUT2D eigenvalue weighted by atomic mass is 32.2. The van der Waals surface area contributed by atoms with Crippen LogP contribution in [-0.4, -0.2) is 84.9 Å². The van der Waals surface area contributed by atoms with Gasteiger partial charge in [-0.2, -0.15) is 4.31 Å². The first-order valence-electron chi connectivity index (χ1n) is 7.21. The molecule has 0 radical (unpaired) electrons. The minimum Gasteiger partial charge on any atom is -0.480 e. The van der Waals surface area contributed by atoms with Gasteiger partial charge in [0, 0.05) is 25.7 Å². The summed E-state index contributed by atoms with van der Waals surface area (Å²) in [6.07, 6.45) is 1.80. The van der Waals surface area contributed by atoms with E-state index in [-0.39, 0.29) is 32.0 Å². The van der Waals surface area contributed by atoms with E-state index in [1.165, 1.54) is 6.26 Å². The number of carbonyl (C=O) groups is 2. The van der Waals surface area contributed by atoms with Crippen molar-refractivity contribution in [3.8, 4) is 0 Å². The lowest BCUT2D eigenvalue weighted by molar-refractivity contribution is -0.141. The maximum absolute atomic E-state index is 12.2. The van der Waals surface area contributed by atoms with Crippen molar-refractivity contribution in [3.05, 3.63) is 18.0 Å². The highest BCUT2D eigenvalue weighted by Gasteiger charge is 2.29. The highest BCUT2D eigenvalue weighted by Crippen LogP contribution is 2.11. The number of morpholine rings is 1. The number of hydrogen-bond donors (Lipinski definition) is 1. The molecule has 2 rings (SSSR count). The van der Waals surface area contributed by atoms with Gasteiger partial charge in [-0.15, -0.1) is 0 Å². The largest absolute Gasteiger partial charge is 0.480 e. The molecule has 1 unspecified atom stereocenters. The summed E-state index contributed by atoms with van der Waals surface area (Å²) in [5.74, 6) is -1.43. The molecular weight excluding hydrogens is 342 g/mol. The number of nitrogens with zero attached hydrogens (tertiary/aromatic N) is 3. The number of amides is 1. The summed E-state index contributed by atoms with van der Waals surface area (Å²) in [4.78, 5) is 24.6. The van der Waals surface area contributed by atoms with Gasteiger partial charge in [-0.1, -0.05) is 5.16 Å². The van der Waals surface area contributed by atoms with Crippen molar-refractivity contribution in [1.82, 2.24) is 14.4 Å². The molecule has 1 N–H and O–H groups in total. The molecule has 0 spiro atoms. The third kappa shape index (κ3) is 5.28. The van der Waals surface area contributed by atoms with Gasteiger partial charge >= 0.3 is 5.97 Å². The predicted octanol–water partition coefficient (Wildman–Crippen LogP) is -1.21. The third-order valence-electron chi connectivity index (χ3n) is 3.50. The minimum atomic E-state index is -3.69. The molecule has 0 bridgehead atoms. The summed E-state index contributed by atoms with van der Waals surface area (Å²) in [6, 6.07) is 1.59. The fourth-order valence-electron chi connectivity index (χ4n) is 2.35. The number of sulfonamides is 1. The maximum Gasteiger partial charge on any atom is 0.318 e. The van der Waals surface area contributed by atoms with Gasteiger partial charge in [0.2, 0.25) is 15.9 Å². The van der Waals surface area contributed by atoms with E-state index >= 15 is 0 Å². The molecule has 1 aliphatic heterocycles. The smallest absolute Gasteiger partial charge is 0.318 e. The minimum absolute atomic E-state index is 0.0775. The van der Waals surface area contributed by atoms with Crippen molar-refractivity contribution in [1.29, 1.82) is 0 Å². The molecule has 1 aromatic rings. The van der Waals surface area contributed by atoms with Crippen LogP contribution in [0.15, 0.2) is 16.9 Å². The van der Waals surface area contributed by atoms with Crippen LogP contribution in [0.1, 0.15) is 5.69 Å². The van der Waals surface area contributed by atoms with Crippen LogP contribution >= 0.6 is 0 Å². The standard InChI is InChI=1S/C13H19N3O7S/c1-24(20,21)16(9-13(18)19)8-11-7-15(3-5-22-11)12(17)6-10-2-4-23-14-10/h2,4,11H,3,5-9H2,1H3,(H,18,19). The Kier molecular flexibility index (Phi) is 5.91. The lowest BCUT2D eigenvalue weighted by Gasteiger charge is -2.34. The van der Waals surface area contributed by atoms with E-state index in [0.29, 0.717) is 12.2 Å². The van der Waals surface area contributed by atoms with E-state index in [1.807, 2.05) is 0 Å². The van der Waals surface area contributed by atoms with Gasteiger partial charge in [-0.3, -0.25) is 9.59 Å². The quantitative estimate of drug-likeness (QED) is 0.640. The predicted molar refractivity (Wildman–Crippen MR) is 80.6 cm³/mol. The lowest BCUT2D eigenvalue weighted by Crippen LogP contribution is -2.51. The van der Waals surface area contributed by atoms with Crippen LogP contribution < -0.4 is 0 Å². The van der Waals surface area contributed by atoms with E-state index < -0.39 is 28.6 Å². The molecule has 1 atom stereocenters. The van der Waals surface area contributed by atoms with E-state index in [9.17, 15) is 18.0 Å². The first kappa shape index (κ1) is 18.4. The number of carboxylic acids is 1. The van der Waals surface area contributed by atoms with Crippen LogP contribution in [-0.2, 0) is 30.8 Å². The van der Waals surface area contributed by atoms with Crippen molar-refractivity contribution in [2.75, 3.05) is 39.0 Å². The fraction of sp³-hybridized carbons (Fsp3) is 0.615. The Morgan fingerprint density at radius 3 is 2.83 bits per heavy atom. The number of carboxylic acid groups (broad SMARTS) is 1. The summed E-state index contributed by atoms with van der Waals surface area (Å²) in [5, 5.41) is 12.5. The summed E-state index contributed by atoms with van der Waals surface area (Å²) < 4.78 is 34.3. The van der Waals surface area contributed by atoms with Gasteiger partial charge in [0.15, 0.2) is 0 Å². The van der Waals surface area contributed by atoms with Crippen LogP contribution in [0.3, 0.4) is 0 Å².